The molecule has 0 saturated heterocycles. The fraction of sp³-hybridized carbons (Fsp3) is 0.500. The van der Waals surface area contributed by atoms with Crippen LogP contribution in [0.15, 0.2) is 23.1 Å². The Morgan fingerprint density at radius 1 is 1.50 bits per heavy atom. The molecule has 1 rings (SSSR count). The standard InChI is InChI=1S/C10H13BrN2O3/c1-10(2,6-11)7-12-5-8(13(15)16)3-4-9(12)14/h3-5H,6-7H2,1-2H3. The summed E-state index contributed by atoms with van der Waals surface area (Å²) in [5.41, 5.74) is -0.413. The van der Waals surface area contributed by atoms with Crippen molar-refractivity contribution in [3.05, 3.63) is 38.8 Å². The van der Waals surface area contributed by atoms with Crippen LogP contribution in [0.2, 0.25) is 0 Å². The zero-order chi connectivity index (χ0) is 12.3. The minimum absolute atomic E-state index is 0.0648. The molecule has 0 aromatic carbocycles. The number of pyridine rings is 1. The molecule has 0 aliphatic rings. The fourth-order valence-corrected chi connectivity index (χ4v) is 1.43. The molecule has 0 bridgehead atoms. The summed E-state index contributed by atoms with van der Waals surface area (Å²) in [4.78, 5) is 21.6. The van der Waals surface area contributed by atoms with E-state index in [0.29, 0.717) is 6.54 Å². The lowest BCUT2D eigenvalue weighted by Crippen LogP contribution is -2.28. The van der Waals surface area contributed by atoms with Gasteiger partial charge >= 0.3 is 0 Å². The average Bonchev–Trinajstić information content (AvgIpc) is 2.21. The molecule has 0 atom stereocenters. The summed E-state index contributed by atoms with van der Waals surface area (Å²) < 4.78 is 1.37. The third-order valence-electron chi connectivity index (χ3n) is 2.14. The number of aromatic nitrogens is 1. The highest BCUT2D eigenvalue weighted by Crippen LogP contribution is 2.20. The molecule has 0 saturated carbocycles. The van der Waals surface area contributed by atoms with Gasteiger partial charge in [0.25, 0.3) is 11.2 Å². The molecule has 6 heteroatoms. The zero-order valence-corrected chi connectivity index (χ0v) is 10.7. The Labute approximate surface area is 101 Å². The maximum atomic E-state index is 11.5. The Morgan fingerprint density at radius 3 is 2.62 bits per heavy atom. The molecule has 16 heavy (non-hydrogen) atoms. The van der Waals surface area contributed by atoms with E-state index in [1.807, 2.05) is 13.8 Å². The van der Waals surface area contributed by atoms with Gasteiger partial charge in [0.15, 0.2) is 0 Å². The second-order valence-electron chi connectivity index (χ2n) is 4.41. The summed E-state index contributed by atoms with van der Waals surface area (Å²) in [6, 6.07) is 2.45. The lowest BCUT2D eigenvalue weighted by Gasteiger charge is -2.22. The van der Waals surface area contributed by atoms with Crippen LogP contribution in [0.3, 0.4) is 0 Å². The minimum Gasteiger partial charge on any atom is -0.308 e. The highest BCUT2D eigenvalue weighted by molar-refractivity contribution is 9.09. The number of hydrogen-bond donors (Lipinski definition) is 0. The van der Waals surface area contributed by atoms with Gasteiger partial charge in [-0.2, -0.15) is 0 Å². The van der Waals surface area contributed by atoms with E-state index < -0.39 is 4.92 Å². The average molecular weight is 289 g/mol. The van der Waals surface area contributed by atoms with Crippen molar-refractivity contribution in [2.45, 2.75) is 20.4 Å². The summed E-state index contributed by atoms with van der Waals surface area (Å²) in [5, 5.41) is 11.3. The van der Waals surface area contributed by atoms with Crippen LogP contribution in [0.4, 0.5) is 5.69 Å². The molecule has 1 heterocycles. The summed E-state index contributed by atoms with van der Waals surface area (Å²) >= 11 is 3.35. The molecule has 0 aliphatic heterocycles. The Kier molecular flexibility index (Phi) is 3.85. The molecular weight excluding hydrogens is 276 g/mol. The van der Waals surface area contributed by atoms with Gasteiger partial charge in [0, 0.05) is 24.0 Å². The maximum absolute atomic E-state index is 11.5. The van der Waals surface area contributed by atoms with Crippen molar-refractivity contribution >= 4 is 21.6 Å². The Bertz CT molecular complexity index is 454. The summed E-state index contributed by atoms with van der Waals surface area (Å²) in [5.74, 6) is 0. The number of halogens is 1. The summed E-state index contributed by atoms with van der Waals surface area (Å²) in [7, 11) is 0. The third-order valence-corrected chi connectivity index (χ3v) is 3.66. The van der Waals surface area contributed by atoms with Gasteiger partial charge in [-0.05, 0) is 5.41 Å². The second-order valence-corrected chi connectivity index (χ2v) is 4.97. The Hall–Kier alpha value is -1.17. The largest absolute Gasteiger partial charge is 0.308 e. The lowest BCUT2D eigenvalue weighted by molar-refractivity contribution is -0.385. The topological polar surface area (TPSA) is 65.1 Å². The summed E-state index contributed by atoms with van der Waals surface area (Å²) in [6.07, 6.45) is 1.28. The Morgan fingerprint density at radius 2 is 2.12 bits per heavy atom. The molecule has 0 amide bonds. The molecule has 0 aliphatic carbocycles. The van der Waals surface area contributed by atoms with Crippen molar-refractivity contribution in [1.29, 1.82) is 0 Å². The maximum Gasteiger partial charge on any atom is 0.285 e. The lowest BCUT2D eigenvalue weighted by atomic mass is 9.97. The van der Waals surface area contributed by atoms with E-state index in [-0.39, 0.29) is 16.7 Å². The molecule has 5 nitrogen and oxygen atoms in total. The minimum atomic E-state index is -0.503. The van der Waals surface area contributed by atoms with Crippen LogP contribution in [-0.4, -0.2) is 14.8 Å². The van der Waals surface area contributed by atoms with E-state index in [2.05, 4.69) is 15.9 Å². The van der Waals surface area contributed by atoms with Crippen molar-refractivity contribution in [1.82, 2.24) is 4.57 Å². The first-order chi connectivity index (χ1) is 7.35. The van der Waals surface area contributed by atoms with Gasteiger partial charge in [0.05, 0.1) is 11.1 Å². The predicted octanol–water partition coefficient (Wildman–Crippen LogP) is 2.18. The third kappa shape index (κ3) is 3.16. The highest BCUT2D eigenvalue weighted by atomic mass is 79.9. The number of nitrogens with zero attached hydrogens (tertiary/aromatic N) is 2. The highest BCUT2D eigenvalue weighted by Gasteiger charge is 2.18. The molecule has 1 aromatic rings. The van der Waals surface area contributed by atoms with Crippen LogP contribution in [-0.2, 0) is 6.54 Å². The van der Waals surface area contributed by atoms with Crippen molar-refractivity contribution in [2.75, 3.05) is 5.33 Å². The quantitative estimate of drug-likeness (QED) is 0.485. The molecule has 0 unspecified atom stereocenters. The smallest absolute Gasteiger partial charge is 0.285 e. The van der Waals surface area contributed by atoms with E-state index in [1.54, 1.807) is 0 Å². The van der Waals surface area contributed by atoms with E-state index in [9.17, 15) is 14.9 Å². The fourth-order valence-electron chi connectivity index (χ4n) is 1.25. The molecule has 0 N–H and O–H groups in total. The number of nitro groups is 1. The molecular formula is C10H13BrN2O3. The van der Waals surface area contributed by atoms with Gasteiger partial charge < -0.3 is 4.57 Å². The second kappa shape index (κ2) is 4.78. The van der Waals surface area contributed by atoms with Crippen LogP contribution >= 0.6 is 15.9 Å². The van der Waals surface area contributed by atoms with Crippen LogP contribution in [0, 0.1) is 15.5 Å². The van der Waals surface area contributed by atoms with Gasteiger partial charge in [-0.1, -0.05) is 29.8 Å². The molecule has 0 radical (unpaired) electrons. The van der Waals surface area contributed by atoms with Crippen molar-refractivity contribution < 1.29 is 4.92 Å². The van der Waals surface area contributed by atoms with Crippen molar-refractivity contribution in [2.24, 2.45) is 5.41 Å². The van der Waals surface area contributed by atoms with Crippen LogP contribution < -0.4 is 5.56 Å². The van der Waals surface area contributed by atoms with Crippen LogP contribution in [0.1, 0.15) is 13.8 Å². The van der Waals surface area contributed by atoms with Gasteiger partial charge in [-0.3, -0.25) is 14.9 Å². The number of alkyl halides is 1. The van der Waals surface area contributed by atoms with Gasteiger partial charge in [-0.15, -0.1) is 0 Å². The first kappa shape index (κ1) is 12.9. The predicted molar refractivity (Wildman–Crippen MR) is 64.9 cm³/mol. The van der Waals surface area contributed by atoms with E-state index in [1.165, 1.54) is 22.9 Å². The zero-order valence-electron chi connectivity index (χ0n) is 9.14. The van der Waals surface area contributed by atoms with Crippen molar-refractivity contribution in [3.63, 3.8) is 0 Å². The number of hydrogen-bond acceptors (Lipinski definition) is 3. The molecule has 88 valence electrons. The van der Waals surface area contributed by atoms with E-state index in [4.69, 9.17) is 0 Å². The number of rotatable bonds is 4. The van der Waals surface area contributed by atoms with E-state index in [0.717, 1.165) is 5.33 Å². The summed E-state index contributed by atoms with van der Waals surface area (Å²) in [6.45, 7) is 4.40. The first-order valence-electron chi connectivity index (χ1n) is 4.76. The van der Waals surface area contributed by atoms with Crippen molar-refractivity contribution in [3.8, 4) is 0 Å². The monoisotopic (exact) mass is 288 g/mol. The molecule has 1 aromatic heterocycles. The Balaban J connectivity index is 3.09. The molecule has 0 fully saturated rings. The van der Waals surface area contributed by atoms with Crippen LogP contribution in [0.25, 0.3) is 0 Å². The van der Waals surface area contributed by atoms with E-state index >= 15 is 0 Å². The normalized spacial score (nSPS) is 11.4. The molecule has 0 spiro atoms. The van der Waals surface area contributed by atoms with Crippen LogP contribution in [0.5, 0.6) is 0 Å². The van der Waals surface area contributed by atoms with Gasteiger partial charge in [0.2, 0.25) is 0 Å². The van der Waals surface area contributed by atoms with Gasteiger partial charge in [0.1, 0.15) is 0 Å². The van der Waals surface area contributed by atoms with Gasteiger partial charge in [-0.25, -0.2) is 0 Å². The SMILES string of the molecule is CC(C)(CBr)Cn1cc([N+](=O)[O-])ccc1=O. The first-order valence-corrected chi connectivity index (χ1v) is 5.89.